The van der Waals surface area contributed by atoms with E-state index in [1.54, 1.807) is 19.1 Å². The van der Waals surface area contributed by atoms with Gasteiger partial charge in [-0.3, -0.25) is 0 Å². The summed E-state index contributed by atoms with van der Waals surface area (Å²) in [6, 6.07) is 17.5. The van der Waals surface area contributed by atoms with Crippen molar-refractivity contribution in [2.45, 2.75) is 26.4 Å². The van der Waals surface area contributed by atoms with Gasteiger partial charge >= 0.3 is 5.97 Å². The average molecular weight is 284 g/mol. The smallest absolute Gasteiger partial charge is 0.340 e. The van der Waals surface area contributed by atoms with Crippen LogP contribution in [0.2, 0.25) is 0 Å². The highest BCUT2D eigenvalue weighted by atomic mass is 16.6. The van der Waals surface area contributed by atoms with Crippen LogP contribution in [0.3, 0.4) is 0 Å². The van der Waals surface area contributed by atoms with Crippen LogP contribution in [-0.2, 0) is 9.53 Å². The van der Waals surface area contributed by atoms with E-state index in [1.807, 2.05) is 49.4 Å². The highest BCUT2D eigenvalue weighted by Crippen LogP contribution is 2.22. The van der Waals surface area contributed by atoms with Crippen LogP contribution < -0.4 is 4.74 Å². The van der Waals surface area contributed by atoms with Crippen molar-refractivity contribution in [3.8, 4) is 16.9 Å². The molecule has 3 heteroatoms. The summed E-state index contributed by atoms with van der Waals surface area (Å²) in [6.07, 6.45) is 0.336. The molecule has 0 aliphatic rings. The minimum atomic E-state index is -0.543. The second kappa shape index (κ2) is 7.60. The van der Waals surface area contributed by atoms with Crippen LogP contribution in [0, 0.1) is 0 Å². The maximum Gasteiger partial charge on any atom is 0.340 e. The highest BCUT2D eigenvalue weighted by molar-refractivity contribution is 5.77. The van der Waals surface area contributed by atoms with Gasteiger partial charge in [-0.25, -0.2) is 4.79 Å². The number of benzene rings is 2. The molecule has 0 saturated heterocycles. The molecule has 2 aromatic rings. The Morgan fingerprint density at radius 2 is 1.62 bits per heavy atom. The molecule has 0 aliphatic heterocycles. The molecule has 110 valence electrons. The molecule has 0 bridgehead atoms. The fourth-order valence-corrected chi connectivity index (χ4v) is 1.91. The van der Waals surface area contributed by atoms with E-state index in [1.165, 1.54) is 0 Å². The Morgan fingerprint density at radius 3 is 2.24 bits per heavy atom. The first kappa shape index (κ1) is 15.3. The first-order chi connectivity index (χ1) is 10.2. The average Bonchev–Trinajstić information content (AvgIpc) is 2.54. The van der Waals surface area contributed by atoms with Gasteiger partial charge in [0.05, 0.1) is 0 Å². The number of hydrogen-bond donors (Lipinski definition) is 0. The lowest BCUT2D eigenvalue weighted by molar-refractivity contribution is -0.146. The van der Waals surface area contributed by atoms with Gasteiger partial charge in [0, 0.05) is 6.61 Å². The largest absolute Gasteiger partial charge is 0.425 e. The molecule has 0 heterocycles. The van der Waals surface area contributed by atoms with E-state index in [0.29, 0.717) is 12.4 Å². The molecule has 0 N–H and O–H groups in total. The van der Waals surface area contributed by atoms with E-state index in [4.69, 9.17) is 9.47 Å². The van der Waals surface area contributed by atoms with Crippen LogP contribution in [0.5, 0.6) is 5.75 Å². The number of hydrogen-bond acceptors (Lipinski definition) is 3. The van der Waals surface area contributed by atoms with Gasteiger partial charge in [0.15, 0.2) is 6.10 Å². The zero-order valence-corrected chi connectivity index (χ0v) is 12.4. The first-order valence-electron chi connectivity index (χ1n) is 7.19. The van der Waals surface area contributed by atoms with Crippen LogP contribution in [0.25, 0.3) is 11.1 Å². The molecular formula is C18H20O3. The van der Waals surface area contributed by atoms with Gasteiger partial charge in [0.25, 0.3) is 0 Å². The third-order valence-electron chi connectivity index (χ3n) is 3.08. The zero-order chi connectivity index (χ0) is 15.1. The SMILES string of the molecule is CCCOC(C)C(=O)Oc1ccc(-c2ccccc2)cc1. The van der Waals surface area contributed by atoms with Gasteiger partial charge in [-0.15, -0.1) is 0 Å². The quantitative estimate of drug-likeness (QED) is 0.592. The molecule has 1 atom stereocenters. The van der Waals surface area contributed by atoms with Crippen LogP contribution in [0.4, 0.5) is 0 Å². The fourth-order valence-electron chi connectivity index (χ4n) is 1.91. The summed E-state index contributed by atoms with van der Waals surface area (Å²) >= 11 is 0. The predicted molar refractivity (Wildman–Crippen MR) is 83.2 cm³/mol. The third-order valence-corrected chi connectivity index (χ3v) is 3.08. The monoisotopic (exact) mass is 284 g/mol. The van der Waals surface area contributed by atoms with Crippen LogP contribution in [0.1, 0.15) is 20.3 Å². The summed E-state index contributed by atoms with van der Waals surface area (Å²) in [5.74, 6) is 0.169. The van der Waals surface area contributed by atoms with Crippen molar-refractivity contribution in [1.82, 2.24) is 0 Å². The van der Waals surface area contributed by atoms with Gasteiger partial charge in [0.2, 0.25) is 0 Å². The Kier molecular flexibility index (Phi) is 5.52. The van der Waals surface area contributed by atoms with E-state index in [2.05, 4.69) is 0 Å². The van der Waals surface area contributed by atoms with Crippen LogP contribution in [0.15, 0.2) is 54.6 Å². The second-order valence-electron chi connectivity index (χ2n) is 4.82. The molecule has 0 radical (unpaired) electrons. The summed E-state index contributed by atoms with van der Waals surface area (Å²) in [7, 11) is 0. The van der Waals surface area contributed by atoms with E-state index in [0.717, 1.165) is 17.5 Å². The normalized spacial score (nSPS) is 11.9. The molecule has 0 amide bonds. The van der Waals surface area contributed by atoms with Crippen molar-refractivity contribution in [3.63, 3.8) is 0 Å². The maximum absolute atomic E-state index is 11.8. The number of carbonyl (C=O) groups is 1. The van der Waals surface area contributed by atoms with Crippen molar-refractivity contribution in [3.05, 3.63) is 54.6 Å². The predicted octanol–water partition coefficient (Wildman–Crippen LogP) is 4.07. The Labute approximate surface area is 125 Å². The number of carbonyl (C=O) groups excluding carboxylic acids is 1. The van der Waals surface area contributed by atoms with Crippen molar-refractivity contribution in [2.75, 3.05) is 6.61 Å². The molecule has 3 nitrogen and oxygen atoms in total. The fraction of sp³-hybridized carbons (Fsp3) is 0.278. The second-order valence-corrected chi connectivity index (χ2v) is 4.82. The van der Waals surface area contributed by atoms with Crippen molar-refractivity contribution < 1.29 is 14.3 Å². The van der Waals surface area contributed by atoms with Crippen LogP contribution >= 0.6 is 0 Å². The highest BCUT2D eigenvalue weighted by Gasteiger charge is 2.15. The lowest BCUT2D eigenvalue weighted by Crippen LogP contribution is -2.26. The molecule has 2 rings (SSSR count). The zero-order valence-electron chi connectivity index (χ0n) is 12.4. The summed E-state index contributed by atoms with van der Waals surface area (Å²) in [4.78, 5) is 11.8. The molecule has 0 fully saturated rings. The molecule has 0 aliphatic carbocycles. The van der Waals surface area contributed by atoms with Crippen molar-refractivity contribution >= 4 is 5.97 Å². The first-order valence-corrected chi connectivity index (χ1v) is 7.19. The number of ether oxygens (including phenoxy) is 2. The minimum absolute atomic E-state index is 0.365. The Balaban J connectivity index is 1.98. The third kappa shape index (κ3) is 4.43. The molecule has 1 unspecified atom stereocenters. The standard InChI is InChI=1S/C18H20O3/c1-3-13-20-14(2)18(19)21-17-11-9-16(10-12-17)15-7-5-4-6-8-15/h4-12,14H,3,13H2,1-2H3. The van der Waals surface area contributed by atoms with Gasteiger partial charge in [-0.05, 0) is 36.6 Å². The molecule has 0 aromatic heterocycles. The van der Waals surface area contributed by atoms with Gasteiger partial charge in [0.1, 0.15) is 5.75 Å². The van der Waals surface area contributed by atoms with E-state index in [-0.39, 0.29) is 5.97 Å². The van der Waals surface area contributed by atoms with Crippen LogP contribution in [-0.4, -0.2) is 18.7 Å². The van der Waals surface area contributed by atoms with Gasteiger partial charge < -0.3 is 9.47 Å². The summed E-state index contributed by atoms with van der Waals surface area (Å²) in [5, 5.41) is 0. The van der Waals surface area contributed by atoms with Gasteiger partial charge in [-0.2, -0.15) is 0 Å². The number of esters is 1. The maximum atomic E-state index is 11.8. The Hall–Kier alpha value is -2.13. The molecular weight excluding hydrogens is 264 g/mol. The topological polar surface area (TPSA) is 35.5 Å². The van der Waals surface area contributed by atoms with E-state index < -0.39 is 6.10 Å². The van der Waals surface area contributed by atoms with E-state index in [9.17, 15) is 4.79 Å². The Bertz CT molecular complexity index is 561. The molecule has 0 spiro atoms. The molecule has 0 saturated carbocycles. The molecule has 21 heavy (non-hydrogen) atoms. The summed E-state index contributed by atoms with van der Waals surface area (Å²) < 4.78 is 10.6. The summed E-state index contributed by atoms with van der Waals surface area (Å²) in [6.45, 7) is 4.26. The number of rotatable bonds is 6. The van der Waals surface area contributed by atoms with Crippen molar-refractivity contribution in [2.24, 2.45) is 0 Å². The molecule has 2 aromatic carbocycles. The Morgan fingerprint density at radius 1 is 1.00 bits per heavy atom. The minimum Gasteiger partial charge on any atom is -0.425 e. The van der Waals surface area contributed by atoms with E-state index >= 15 is 0 Å². The van der Waals surface area contributed by atoms with Crippen molar-refractivity contribution in [1.29, 1.82) is 0 Å². The lowest BCUT2D eigenvalue weighted by Gasteiger charge is -2.12. The van der Waals surface area contributed by atoms with Gasteiger partial charge in [-0.1, -0.05) is 49.4 Å². The summed E-state index contributed by atoms with van der Waals surface area (Å²) in [5.41, 5.74) is 2.22. The lowest BCUT2D eigenvalue weighted by atomic mass is 10.1.